The number of nitrogens with two attached hydrogens (primary N) is 1. The summed E-state index contributed by atoms with van der Waals surface area (Å²) in [7, 11) is 0. The molecule has 0 bridgehead atoms. The van der Waals surface area contributed by atoms with Crippen molar-refractivity contribution in [1.82, 2.24) is 0 Å². The molecule has 6 heteroatoms. The van der Waals surface area contributed by atoms with Crippen LogP contribution in [0.5, 0.6) is 0 Å². The van der Waals surface area contributed by atoms with Crippen LogP contribution in [-0.4, -0.2) is 17.5 Å². The van der Waals surface area contributed by atoms with E-state index in [2.05, 4.69) is 19.2 Å². The highest BCUT2D eigenvalue weighted by molar-refractivity contribution is 6.33. The van der Waals surface area contributed by atoms with Crippen molar-refractivity contribution in [3.63, 3.8) is 0 Å². The van der Waals surface area contributed by atoms with Crippen molar-refractivity contribution in [3.05, 3.63) is 33.3 Å². The Kier molecular flexibility index (Phi) is 5.37. The van der Waals surface area contributed by atoms with Crippen LogP contribution in [-0.2, 0) is 0 Å². The van der Waals surface area contributed by atoms with Crippen LogP contribution in [0.4, 0.5) is 11.4 Å². The van der Waals surface area contributed by atoms with Gasteiger partial charge in [-0.1, -0.05) is 25.4 Å². The number of rotatable bonds is 6. The Hall–Kier alpha value is -1.33. The number of hydrogen-bond acceptors (Lipinski definition) is 4. The van der Waals surface area contributed by atoms with Crippen LogP contribution < -0.4 is 11.1 Å². The first-order valence-corrected chi connectivity index (χ1v) is 6.22. The SMILES string of the molecule is CC(C)CC(CN)Nc1ccc([N+](=O)[O-])cc1Cl. The van der Waals surface area contributed by atoms with Gasteiger partial charge >= 0.3 is 0 Å². The molecular weight excluding hydrogens is 254 g/mol. The fraction of sp³-hybridized carbons (Fsp3) is 0.500. The minimum Gasteiger partial charge on any atom is -0.380 e. The standard InChI is InChI=1S/C12H18ClN3O2/c1-8(2)5-9(7-14)15-12-4-3-10(16(17)18)6-11(12)13/h3-4,6,8-9,15H,5,7,14H2,1-2H3. The molecule has 100 valence electrons. The van der Waals surface area contributed by atoms with Gasteiger partial charge in [0.1, 0.15) is 0 Å². The second kappa shape index (κ2) is 6.56. The Labute approximate surface area is 111 Å². The quantitative estimate of drug-likeness (QED) is 0.615. The molecule has 0 aliphatic rings. The second-order valence-corrected chi connectivity index (χ2v) is 5.03. The fourth-order valence-corrected chi connectivity index (χ4v) is 1.97. The van der Waals surface area contributed by atoms with E-state index in [1.54, 1.807) is 6.07 Å². The van der Waals surface area contributed by atoms with E-state index in [0.717, 1.165) is 6.42 Å². The molecule has 0 amide bonds. The molecule has 1 aromatic carbocycles. The zero-order valence-corrected chi connectivity index (χ0v) is 11.3. The molecule has 0 radical (unpaired) electrons. The maximum Gasteiger partial charge on any atom is 0.271 e. The van der Waals surface area contributed by atoms with E-state index in [4.69, 9.17) is 17.3 Å². The smallest absolute Gasteiger partial charge is 0.271 e. The first-order valence-electron chi connectivity index (χ1n) is 5.84. The van der Waals surface area contributed by atoms with Crippen LogP contribution >= 0.6 is 11.6 Å². The molecule has 1 unspecified atom stereocenters. The summed E-state index contributed by atoms with van der Waals surface area (Å²) in [6.07, 6.45) is 0.920. The van der Waals surface area contributed by atoms with Gasteiger partial charge in [-0.05, 0) is 18.4 Å². The predicted molar refractivity (Wildman–Crippen MR) is 74.0 cm³/mol. The van der Waals surface area contributed by atoms with Gasteiger partial charge in [-0.2, -0.15) is 0 Å². The van der Waals surface area contributed by atoms with Crippen molar-refractivity contribution in [2.75, 3.05) is 11.9 Å². The molecule has 0 saturated heterocycles. The summed E-state index contributed by atoms with van der Waals surface area (Å²) in [5, 5.41) is 14.1. The maximum atomic E-state index is 10.6. The van der Waals surface area contributed by atoms with Crippen LogP contribution in [0.3, 0.4) is 0 Å². The van der Waals surface area contributed by atoms with Crippen LogP contribution in [0.15, 0.2) is 18.2 Å². The Morgan fingerprint density at radius 1 is 1.50 bits per heavy atom. The molecule has 0 aromatic heterocycles. The van der Waals surface area contributed by atoms with Gasteiger partial charge in [0, 0.05) is 24.7 Å². The molecule has 0 aliphatic heterocycles. The summed E-state index contributed by atoms with van der Waals surface area (Å²) in [6, 6.07) is 4.50. The Morgan fingerprint density at radius 3 is 2.61 bits per heavy atom. The van der Waals surface area contributed by atoms with E-state index in [1.807, 2.05) is 0 Å². The van der Waals surface area contributed by atoms with Crippen molar-refractivity contribution in [2.24, 2.45) is 11.7 Å². The lowest BCUT2D eigenvalue weighted by molar-refractivity contribution is -0.384. The van der Waals surface area contributed by atoms with E-state index < -0.39 is 4.92 Å². The van der Waals surface area contributed by atoms with Crippen LogP contribution in [0, 0.1) is 16.0 Å². The van der Waals surface area contributed by atoms with E-state index in [1.165, 1.54) is 12.1 Å². The topological polar surface area (TPSA) is 81.2 Å². The first kappa shape index (κ1) is 14.7. The van der Waals surface area contributed by atoms with Crippen molar-refractivity contribution in [2.45, 2.75) is 26.3 Å². The highest BCUT2D eigenvalue weighted by Gasteiger charge is 2.13. The normalized spacial score (nSPS) is 12.5. The number of nitro benzene ring substituents is 1. The third kappa shape index (κ3) is 4.16. The highest BCUT2D eigenvalue weighted by atomic mass is 35.5. The van der Waals surface area contributed by atoms with Gasteiger partial charge in [-0.25, -0.2) is 0 Å². The molecule has 1 aromatic rings. The summed E-state index contributed by atoms with van der Waals surface area (Å²) in [6.45, 7) is 4.72. The van der Waals surface area contributed by atoms with E-state index in [9.17, 15) is 10.1 Å². The molecule has 3 N–H and O–H groups in total. The largest absolute Gasteiger partial charge is 0.380 e. The number of hydrogen-bond donors (Lipinski definition) is 2. The van der Waals surface area contributed by atoms with E-state index in [0.29, 0.717) is 23.2 Å². The molecule has 0 saturated carbocycles. The molecule has 1 atom stereocenters. The van der Waals surface area contributed by atoms with Crippen molar-refractivity contribution in [3.8, 4) is 0 Å². The summed E-state index contributed by atoms with van der Waals surface area (Å²) in [5.41, 5.74) is 6.35. The fourth-order valence-electron chi connectivity index (χ4n) is 1.74. The zero-order chi connectivity index (χ0) is 13.7. The van der Waals surface area contributed by atoms with Crippen molar-refractivity contribution < 1.29 is 4.92 Å². The van der Waals surface area contributed by atoms with Gasteiger partial charge in [0.05, 0.1) is 15.6 Å². The average Bonchev–Trinajstić information content (AvgIpc) is 2.29. The first-order chi connectivity index (χ1) is 8.43. The molecule has 18 heavy (non-hydrogen) atoms. The summed E-state index contributed by atoms with van der Waals surface area (Å²) in [5.74, 6) is 0.517. The lowest BCUT2D eigenvalue weighted by Gasteiger charge is -2.20. The summed E-state index contributed by atoms with van der Waals surface area (Å²) >= 11 is 6.00. The van der Waals surface area contributed by atoms with Crippen LogP contribution in [0.25, 0.3) is 0 Å². The Bertz CT molecular complexity index is 424. The van der Waals surface area contributed by atoms with E-state index >= 15 is 0 Å². The Balaban J connectivity index is 2.80. The molecule has 0 fully saturated rings. The van der Waals surface area contributed by atoms with Gasteiger partial charge in [0.2, 0.25) is 0 Å². The van der Waals surface area contributed by atoms with Gasteiger partial charge < -0.3 is 11.1 Å². The van der Waals surface area contributed by atoms with Gasteiger partial charge in [-0.15, -0.1) is 0 Å². The third-order valence-electron chi connectivity index (χ3n) is 2.56. The number of nitro groups is 1. The number of nitrogens with one attached hydrogen (secondary N) is 1. The van der Waals surface area contributed by atoms with Gasteiger partial charge in [0.25, 0.3) is 5.69 Å². The van der Waals surface area contributed by atoms with Gasteiger partial charge in [-0.3, -0.25) is 10.1 Å². The lowest BCUT2D eigenvalue weighted by atomic mass is 10.0. The monoisotopic (exact) mass is 271 g/mol. The molecule has 0 aliphatic carbocycles. The summed E-state index contributed by atoms with van der Waals surface area (Å²) in [4.78, 5) is 10.1. The molecule has 5 nitrogen and oxygen atoms in total. The molecule has 0 spiro atoms. The number of halogens is 1. The summed E-state index contributed by atoms with van der Waals surface area (Å²) < 4.78 is 0. The minimum atomic E-state index is -0.468. The molecular formula is C12H18ClN3O2. The van der Waals surface area contributed by atoms with Crippen LogP contribution in [0.2, 0.25) is 5.02 Å². The minimum absolute atomic E-state index is 0.0151. The third-order valence-corrected chi connectivity index (χ3v) is 2.88. The van der Waals surface area contributed by atoms with Crippen molar-refractivity contribution in [1.29, 1.82) is 0 Å². The van der Waals surface area contributed by atoms with Gasteiger partial charge in [0.15, 0.2) is 0 Å². The Morgan fingerprint density at radius 2 is 2.17 bits per heavy atom. The number of nitrogens with zero attached hydrogens (tertiary/aromatic N) is 1. The molecule has 0 heterocycles. The predicted octanol–water partition coefficient (Wildman–Crippen LogP) is 3.03. The van der Waals surface area contributed by atoms with E-state index in [-0.39, 0.29) is 11.7 Å². The zero-order valence-electron chi connectivity index (χ0n) is 10.5. The van der Waals surface area contributed by atoms with Crippen LogP contribution in [0.1, 0.15) is 20.3 Å². The maximum absolute atomic E-state index is 10.6. The lowest BCUT2D eigenvalue weighted by Crippen LogP contribution is -2.30. The number of benzene rings is 1. The molecule has 1 rings (SSSR count). The second-order valence-electron chi connectivity index (χ2n) is 4.63. The highest BCUT2D eigenvalue weighted by Crippen LogP contribution is 2.27. The number of non-ortho nitro benzene ring substituents is 1. The average molecular weight is 272 g/mol. The number of anilines is 1. The van der Waals surface area contributed by atoms with Crippen molar-refractivity contribution >= 4 is 23.0 Å².